The average molecular weight is 392 g/mol. The molecule has 1 aromatic carbocycles. The number of carboxylic acids is 1. The van der Waals surface area contributed by atoms with Crippen molar-refractivity contribution in [1.29, 1.82) is 0 Å². The van der Waals surface area contributed by atoms with Gasteiger partial charge in [0, 0.05) is 6.42 Å². The van der Waals surface area contributed by atoms with Crippen LogP contribution in [0.25, 0.3) is 0 Å². The van der Waals surface area contributed by atoms with Crippen molar-refractivity contribution in [3.8, 4) is 0 Å². The number of aromatic nitrogens is 1. The summed E-state index contributed by atoms with van der Waals surface area (Å²) in [5.41, 5.74) is 0.823. The monoisotopic (exact) mass is 392 g/mol. The zero-order valence-corrected chi connectivity index (χ0v) is 15.5. The maximum atomic E-state index is 12.1. The molecule has 9 heteroatoms. The number of nitrogens with zero attached hydrogens (tertiary/aromatic N) is 1. The third-order valence-corrected chi connectivity index (χ3v) is 4.53. The number of aromatic carboxylic acids is 1. The van der Waals surface area contributed by atoms with Gasteiger partial charge < -0.3 is 19.9 Å². The summed E-state index contributed by atoms with van der Waals surface area (Å²) in [5.74, 6) is -1.63. The number of rotatable bonds is 9. The Bertz CT molecular complexity index is 777. The molecule has 0 bridgehead atoms. The lowest BCUT2D eigenvalue weighted by Gasteiger charge is -2.16. The van der Waals surface area contributed by atoms with Crippen molar-refractivity contribution in [2.24, 2.45) is 0 Å². The highest BCUT2D eigenvalue weighted by molar-refractivity contribution is 7.13. The molecule has 2 rings (SSSR count). The highest BCUT2D eigenvalue weighted by Crippen LogP contribution is 2.15. The third-order valence-electron chi connectivity index (χ3n) is 3.49. The van der Waals surface area contributed by atoms with Crippen molar-refractivity contribution in [3.63, 3.8) is 0 Å². The number of nitrogens with one attached hydrogen (secondary N) is 1. The number of carbonyl (C=O) groups is 3. The van der Waals surface area contributed by atoms with Gasteiger partial charge in [-0.25, -0.2) is 19.4 Å². The molecule has 0 radical (unpaired) electrons. The van der Waals surface area contributed by atoms with Crippen LogP contribution >= 0.6 is 11.3 Å². The lowest BCUT2D eigenvalue weighted by Crippen LogP contribution is -2.42. The van der Waals surface area contributed by atoms with E-state index in [1.165, 1.54) is 6.20 Å². The molecular formula is C18H20N2O6S. The SMILES string of the molecule is CCOC(=O)C(CCc1ncc(C(=O)O)s1)NC(=O)OCc1ccccc1. The normalized spacial score (nSPS) is 11.4. The van der Waals surface area contributed by atoms with Crippen LogP contribution in [0.1, 0.15) is 33.6 Å². The van der Waals surface area contributed by atoms with Crippen molar-refractivity contribution < 1.29 is 29.0 Å². The summed E-state index contributed by atoms with van der Waals surface area (Å²) in [6, 6.07) is 8.24. The molecule has 0 aliphatic rings. The quantitative estimate of drug-likeness (QED) is 0.630. The molecule has 2 aromatic rings. The minimum atomic E-state index is -1.05. The number of esters is 1. The second-order valence-electron chi connectivity index (χ2n) is 5.47. The first-order valence-corrected chi connectivity index (χ1v) is 9.13. The fourth-order valence-corrected chi connectivity index (χ4v) is 2.96. The van der Waals surface area contributed by atoms with Gasteiger partial charge in [0.1, 0.15) is 17.5 Å². The molecule has 1 aromatic heterocycles. The Morgan fingerprint density at radius 2 is 1.96 bits per heavy atom. The van der Waals surface area contributed by atoms with Gasteiger partial charge >= 0.3 is 18.0 Å². The first-order valence-electron chi connectivity index (χ1n) is 8.31. The maximum Gasteiger partial charge on any atom is 0.408 e. The van der Waals surface area contributed by atoms with Gasteiger partial charge in [0.15, 0.2) is 0 Å². The van der Waals surface area contributed by atoms with E-state index in [0.717, 1.165) is 16.9 Å². The molecular weight excluding hydrogens is 372 g/mol. The molecule has 0 spiro atoms. The summed E-state index contributed by atoms with van der Waals surface area (Å²) in [6.45, 7) is 1.93. The highest BCUT2D eigenvalue weighted by Gasteiger charge is 2.23. The topological polar surface area (TPSA) is 115 Å². The molecule has 1 atom stereocenters. The summed E-state index contributed by atoms with van der Waals surface area (Å²) >= 11 is 1.03. The van der Waals surface area contributed by atoms with Gasteiger partial charge in [-0.2, -0.15) is 0 Å². The Balaban J connectivity index is 1.91. The second kappa shape index (κ2) is 10.3. The molecule has 27 heavy (non-hydrogen) atoms. The molecule has 1 amide bonds. The molecule has 2 N–H and O–H groups in total. The molecule has 144 valence electrons. The first kappa shape index (κ1) is 20.4. The Kier molecular flexibility index (Phi) is 7.75. The van der Waals surface area contributed by atoms with Crippen molar-refractivity contribution in [3.05, 3.63) is 52.0 Å². The van der Waals surface area contributed by atoms with Crippen LogP contribution in [0.15, 0.2) is 36.5 Å². The highest BCUT2D eigenvalue weighted by atomic mass is 32.1. The molecule has 0 aliphatic carbocycles. The third kappa shape index (κ3) is 6.70. The van der Waals surface area contributed by atoms with Crippen LogP contribution in [0.2, 0.25) is 0 Å². The van der Waals surface area contributed by atoms with Crippen LogP contribution in [0, 0.1) is 0 Å². The van der Waals surface area contributed by atoms with E-state index in [2.05, 4.69) is 10.3 Å². The fourth-order valence-electron chi connectivity index (χ4n) is 2.19. The number of ether oxygens (including phenoxy) is 2. The Hall–Kier alpha value is -2.94. The van der Waals surface area contributed by atoms with E-state index in [9.17, 15) is 14.4 Å². The Labute approximate surface area is 160 Å². The first-order chi connectivity index (χ1) is 13.0. The number of amides is 1. The number of benzene rings is 1. The average Bonchev–Trinajstić information content (AvgIpc) is 3.14. The minimum absolute atomic E-state index is 0.0800. The van der Waals surface area contributed by atoms with Gasteiger partial charge in [-0.05, 0) is 18.9 Å². The molecule has 1 unspecified atom stereocenters. The van der Waals surface area contributed by atoms with E-state index >= 15 is 0 Å². The standard InChI is InChI=1S/C18H20N2O6S/c1-2-25-17(23)13(8-9-15-19-10-14(27-15)16(21)22)20-18(24)26-11-12-6-4-3-5-7-12/h3-7,10,13H,2,8-9,11H2,1H3,(H,20,24)(H,21,22). The van der Waals surface area contributed by atoms with Gasteiger partial charge in [0.05, 0.1) is 17.8 Å². The number of hydrogen-bond donors (Lipinski definition) is 2. The number of aryl methyl sites for hydroxylation is 1. The number of hydrogen-bond acceptors (Lipinski definition) is 7. The van der Waals surface area contributed by atoms with Crippen molar-refractivity contribution in [1.82, 2.24) is 10.3 Å². The van der Waals surface area contributed by atoms with Gasteiger partial charge in [0.2, 0.25) is 0 Å². The van der Waals surface area contributed by atoms with Gasteiger partial charge in [-0.1, -0.05) is 30.3 Å². The zero-order valence-electron chi connectivity index (χ0n) is 14.7. The summed E-state index contributed by atoms with van der Waals surface area (Å²) in [7, 11) is 0. The van der Waals surface area contributed by atoms with Crippen LogP contribution in [-0.4, -0.2) is 40.8 Å². The van der Waals surface area contributed by atoms with E-state index in [0.29, 0.717) is 11.4 Å². The fraction of sp³-hybridized carbons (Fsp3) is 0.333. The number of thiazole rings is 1. The Morgan fingerprint density at radius 3 is 2.59 bits per heavy atom. The molecule has 0 fully saturated rings. The van der Waals surface area contributed by atoms with E-state index in [-0.39, 0.29) is 24.5 Å². The van der Waals surface area contributed by atoms with E-state index in [1.807, 2.05) is 30.3 Å². The number of carboxylic acid groups (broad SMARTS) is 1. The van der Waals surface area contributed by atoms with Gasteiger partial charge in [-0.15, -0.1) is 11.3 Å². The maximum absolute atomic E-state index is 12.1. The lowest BCUT2D eigenvalue weighted by atomic mass is 10.1. The zero-order chi connectivity index (χ0) is 19.6. The van der Waals surface area contributed by atoms with E-state index in [1.54, 1.807) is 6.92 Å². The molecule has 8 nitrogen and oxygen atoms in total. The molecule has 0 aliphatic heterocycles. The number of carbonyl (C=O) groups excluding carboxylic acids is 2. The van der Waals surface area contributed by atoms with Crippen molar-refractivity contribution >= 4 is 29.4 Å². The largest absolute Gasteiger partial charge is 0.477 e. The van der Waals surface area contributed by atoms with E-state index < -0.39 is 24.1 Å². The number of alkyl carbamates (subject to hydrolysis) is 1. The van der Waals surface area contributed by atoms with Crippen LogP contribution in [0.4, 0.5) is 4.79 Å². The van der Waals surface area contributed by atoms with Crippen LogP contribution in [-0.2, 0) is 27.3 Å². The Morgan fingerprint density at radius 1 is 1.22 bits per heavy atom. The smallest absolute Gasteiger partial charge is 0.408 e. The van der Waals surface area contributed by atoms with E-state index in [4.69, 9.17) is 14.6 Å². The summed E-state index contributed by atoms with van der Waals surface area (Å²) in [5, 5.41) is 12.0. The van der Waals surface area contributed by atoms with Gasteiger partial charge in [0.25, 0.3) is 0 Å². The summed E-state index contributed by atoms with van der Waals surface area (Å²) in [6.07, 6.45) is 1.07. The molecule has 1 heterocycles. The van der Waals surface area contributed by atoms with Crippen molar-refractivity contribution in [2.75, 3.05) is 6.61 Å². The predicted octanol–water partition coefficient (Wildman–Crippen LogP) is 2.63. The van der Waals surface area contributed by atoms with Crippen LogP contribution < -0.4 is 5.32 Å². The van der Waals surface area contributed by atoms with Gasteiger partial charge in [-0.3, -0.25) is 0 Å². The van der Waals surface area contributed by atoms with Crippen molar-refractivity contribution in [2.45, 2.75) is 32.4 Å². The predicted molar refractivity (Wildman–Crippen MR) is 97.6 cm³/mol. The minimum Gasteiger partial charge on any atom is -0.477 e. The van der Waals surface area contributed by atoms with Crippen LogP contribution in [0.5, 0.6) is 0 Å². The molecule has 0 saturated carbocycles. The lowest BCUT2D eigenvalue weighted by molar-refractivity contribution is -0.145. The second-order valence-corrected chi connectivity index (χ2v) is 6.59. The van der Waals surface area contributed by atoms with Crippen LogP contribution in [0.3, 0.4) is 0 Å². The summed E-state index contributed by atoms with van der Waals surface area (Å²) in [4.78, 5) is 39.1. The molecule has 0 saturated heterocycles. The summed E-state index contributed by atoms with van der Waals surface area (Å²) < 4.78 is 10.1.